The minimum atomic E-state index is -0.254. The zero-order valence-corrected chi connectivity index (χ0v) is 10.1. The van der Waals surface area contributed by atoms with Crippen molar-refractivity contribution < 1.29 is 9.13 Å². The van der Waals surface area contributed by atoms with Crippen LogP contribution in [0.4, 0.5) is 4.39 Å². The van der Waals surface area contributed by atoms with Crippen LogP contribution in [0.15, 0.2) is 24.3 Å². The molecule has 0 saturated carbocycles. The molecule has 0 spiro atoms. The number of halogens is 1. The van der Waals surface area contributed by atoms with Gasteiger partial charge in [-0.2, -0.15) is 0 Å². The summed E-state index contributed by atoms with van der Waals surface area (Å²) in [7, 11) is 0. The van der Waals surface area contributed by atoms with E-state index in [2.05, 4.69) is 6.92 Å². The van der Waals surface area contributed by atoms with Crippen LogP contribution >= 0.6 is 0 Å². The summed E-state index contributed by atoms with van der Waals surface area (Å²) < 4.78 is 18.9. The van der Waals surface area contributed by atoms with E-state index in [0.717, 1.165) is 12.0 Å². The molecule has 0 aromatic heterocycles. The van der Waals surface area contributed by atoms with Gasteiger partial charge in [0.15, 0.2) is 0 Å². The molecule has 0 saturated heterocycles. The molecule has 0 aliphatic rings. The minimum absolute atomic E-state index is 0.124. The van der Waals surface area contributed by atoms with Gasteiger partial charge in [-0.25, -0.2) is 4.39 Å². The highest BCUT2D eigenvalue weighted by Gasteiger charge is 2.19. The lowest BCUT2D eigenvalue weighted by molar-refractivity contribution is -0.0162. The van der Waals surface area contributed by atoms with Gasteiger partial charge in [0.05, 0.1) is 12.2 Å². The Kier molecular flexibility index (Phi) is 4.90. The van der Waals surface area contributed by atoms with Crippen LogP contribution in [-0.2, 0) is 4.74 Å². The summed E-state index contributed by atoms with van der Waals surface area (Å²) in [5, 5.41) is 0. The Balaban J connectivity index is 2.85. The molecule has 3 heteroatoms. The maximum Gasteiger partial charge on any atom is 0.123 e. The molecule has 2 N–H and O–H groups in total. The molecular weight excluding hydrogens is 205 g/mol. The third kappa shape index (κ3) is 3.58. The van der Waals surface area contributed by atoms with Crippen LogP contribution in [0.2, 0.25) is 0 Å². The van der Waals surface area contributed by atoms with Crippen molar-refractivity contribution in [2.75, 3.05) is 0 Å². The van der Waals surface area contributed by atoms with Crippen molar-refractivity contribution in [3.63, 3.8) is 0 Å². The molecule has 0 aliphatic carbocycles. The van der Waals surface area contributed by atoms with E-state index < -0.39 is 0 Å². The highest BCUT2D eigenvalue weighted by Crippen LogP contribution is 2.23. The first-order valence-corrected chi connectivity index (χ1v) is 5.71. The van der Waals surface area contributed by atoms with Crippen LogP contribution < -0.4 is 5.73 Å². The highest BCUT2D eigenvalue weighted by molar-refractivity contribution is 5.20. The number of benzene rings is 1. The SMILES string of the molecule is CCC(C)OC(c1cccc(F)c1)C(C)N. The van der Waals surface area contributed by atoms with E-state index in [1.165, 1.54) is 12.1 Å². The fraction of sp³-hybridized carbons (Fsp3) is 0.538. The summed E-state index contributed by atoms with van der Waals surface area (Å²) in [4.78, 5) is 0. The molecule has 0 aliphatic heterocycles. The number of rotatable bonds is 5. The molecule has 0 amide bonds. The molecule has 16 heavy (non-hydrogen) atoms. The molecule has 90 valence electrons. The second-order valence-corrected chi connectivity index (χ2v) is 4.19. The summed E-state index contributed by atoms with van der Waals surface area (Å²) in [6.45, 7) is 5.92. The fourth-order valence-electron chi connectivity index (χ4n) is 1.54. The van der Waals surface area contributed by atoms with E-state index in [4.69, 9.17) is 10.5 Å². The summed E-state index contributed by atoms with van der Waals surface area (Å²) in [6, 6.07) is 6.27. The van der Waals surface area contributed by atoms with Gasteiger partial charge in [-0.05, 0) is 38.0 Å². The molecule has 3 unspecified atom stereocenters. The Labute approximate surface area is 96.6 Å². The third-order valence-corrected chi connectivity index (χ3v) is 2.61. The van der Waals surface area contributed by atoms with Gasteiger partial charge in [0, 0.05) is 6.04 Å². The number of nitrogens with two attached hydrogens (primary N) is 1. The predicted octanol–water partition coefficient (Wildman–Crippen LogP) is 3.03. The zero-order chi connectivity index (χ0) is 12.1. The van der Waals surface area contributed by atoms with Gasteiger partial charge in [0.2, 0.25) is 0 Å². The van der Waals surface area contributed by atoms with Crippen molar-refractivity contribution in [2.24, 2.45) is 5.73 Å². The van der Waals surface area contributed by atoms with Crippen molar-refractivity contribution >= 4 is 0 Å². The Hall–Kier alpha value is -0.930. The van der Waals surface area contributed by atoms with Crippen molar-refractivity contribution in [3.05, 3.63) is 35.6 Å². The Bertz CT molecular complexity index is 327. The number of hydrogen-bond acceptors (Lipinski definition) is 2. The summed E-state index contributed by atoms with van der Waals surface area (Å²) in [6.07, 6.45) is 0.795. The van der Waals surface area contributed by atoms with Crippen LogP contribution in [0.1, 0.15) is 38.9 Å². The molecule has 0 bridgehead atoms. The van der Waals surface area contributed by atoms with Gasteiger partial charge in [-0.15, -0.1) is 0 Å². The quantitative estimate of drug-likeness (QED) is 0.836. The lowest BCUT2D eigenvalue weighted by Gasteiger charge is -2.25. The molecule has 1 aromatic carbocycles. The third-order valence-electron chi connectivity index (χ3n) is 2.61. The van der Waals surface area contributed by atoms with Gasteiger partial charge in [-0.3, -0.25) is 0 Å². The Morgan fingerprint density at radius 1 is 1.38 bits per heavy atom. The van der Waals surface area contributed by atoms with Gasteiger partial charge in [-0.1, -0.05) is 19.1 Å². The second kappa shape index (κ2) is 5.97. The van der Waals surface area contributed by atoms with Crippen molar-refractivity contribution in [1.29, 1.82) is 0 Å². The monoisotopic (exact) mass is 225 g/mol. The second-order valence-electron chi connectivity index (χ2n) is 4.19. The van der Waals surface area contributed by atoms with Gasteiger partial charge in [0.1, 0.15) is 5.82 Å². The average molecular weight is 225 g/mol. The van der Waals surface area contributed by atoms with Crippen molar-refractivity contribution in [1.82, 2.24) is 0 Å². The number of hydrogen-bond donors (Lipinski definition) is 1. The maximum atomic E-state index is 13.1. The van der Waals surface area contributed by atoms with Crippen molar-refractivity contribution in [3.8, 4) is 0 Å². The fourth-order valence-corrected chi connectivity index (χ4v) is 1.54. The van der Waals surface area contributed by atoms with Crippen LogP contribution in [0, 0.1) is 5.82 Å². The zero-order valence-electron chi connectivity index (χ0n) is 10.1. The molecule has 1 aromatic rings. The Morgan fingerprint density at radius 2 is 2.06 bits per heavy atom. The normalized spacial score (nSPS) is 16.8. The van der Waals surface area contributed by atoms with Gasteiger partial charge >= 0.3 is 0 Å². The van der Waals surface area contributed by atoms with Gasteiger partial charge < -0.3 is 10.5 Å². The van der Waals surface area contributed by atoms with Crippen LogP contribution in [0.25, 0.3) is 0 Å². The molecule has 0 heterocycles. The first kappa shape index (κ1) is 13.1. The first-order chi connectivity index (χ1) is 7.54. The molecular formula is C13H20FNO. The molecule has 0 fully saturated rings. The highest BCUT2D eigenvalue weighted by atomic mass is 19.1. The van der Waals surface area contributed by atoms with E-state index in [1.807, 2.05) is 19.9 Å². The average Bonchev–Trinajstić information content (AvgIpc) is 2.25. The Morgan fingerprint density at radius 3 is 2.56 bits per heavy atom. The lowest BCUT2D eigenvalue weighted by Crippen LogP contribution is -2.29. The summed E-state index contributed by atoms with van der Waals surface area (Å²) in [5.41, 5.74) is 6.68. The van der Waals surface area contributed by atoms with E-state index in [0.29, 0.717) is 0 Å². The topological polar surface area (TPSA) is 35.2 Å². The first-order valence-electron chi connectivity index (χ1n) is 5.71. The molecule has 1 rings (SSSR count). The summed E-state index contributed by atoms with van der Waals surface area (Å²) >= 11 is 0. The standard InChI is InChI=1S/C13H20FNO/c1-4-9(2)16-13(10(3)15)11-6-5-7-12(14)8-11/h5-10,13H,4,15H2,1-3H3. The number of ether oxygens (including phenoxy) is 1. The van der Waals surface area contributed by atoms with E-state index >= 15 is 0 Å². The predicted molar refractivity (Wildman–Crippen MR) is 63.6 cm³/mol. The minimum Gasteiger partial charge on any atom is -0.369 e. The molecule has 0 radical (unpaired) electrons. The van der Waals surface area contributed by atoms with Gasteiger partial charge in [0.25, 0.3) is 0 Å². The van der Waals surface area contributed by atoms with E-state index in [9.17, 15) is 4.39 Å². The lowest BCUT2D eigenvalue weighted by atomic mass is 10.0. The summed E-state index contributed by atoms with van der Waals surface area (Å²) in [5.74, 6) is -0.254. The largest absolute Gasteiger partial charge is 0.369 e. The van der Waals surface area contributed by atoms with E-state index in [-0.39, 0.29) is 24.1 Å². The van der Waals surface area contributed by atoms with Crippen LogP contribution in [0.3, 0.4) is 0 Å². The molecule has 3 atom stereocenters. The molecule has 2 nitrogen and oxygen atoms in total. The smallest absolute Gasteiger partial charge is 0.123 e. The van der Waals surface area contributed by atoms with Crippen LogP contribution in [0.5, 0.6) is 0 Å². The van der Waals surface area contributed by atoms with Crippen LogP contribution in [-0.4, -0.2) is 12.1 Å². The van der Waals surface area contributed by atoms with E-state index in [1.54, 1.807) is 6.07 Å². The maximum absolute atomic E-state index is 13.1. The van der Waals surface area contributed by atoms with Crippen molar-refractivity contribution in [2.45, 2.75) is 45.4 Å².